The Hall–Kier alpha value is -2.01. The van der Waals surface area contributed by atoms with E-state index in [1.54, 1.807) is 18.2 Å². The van der Waals surface area contributed by atoms with Crippen molar-refractivity contribution in [1.82, 2.24) is 0 Å². The zero-order valence-corrected chi connectivity index (χ0v) is 13.5. The number of nitrogens with one attached hydrogen (secondary N) is 1. The first kappa shape index (κ1) is 15.4. The molecular weight excluding hydrogens is 332 g/mol. The van der Waals surface area contributed by atoms with Crippen molar-refractivity contribution in [2.75, 3.05) is 17.7 Å². The monoisotopic (exact) mass is 348 g/mol. The van der Waals surface area contributed by atoms with E-state index >= 15 is 0 Å². The van der Waals surface area contributed by atoms with E-state index in [0.29, 0.717) is 23.6 Å². The number of amides is 1. The van der Waals surface area contributed by atoms with Gasteiger partial charge in [0.15, 0.2) is 0 Å². The molecule has 0 aromatic heterocycles. The molecular formula is C16H17BrN2O2. The highest BCUT2D eigenvalue weighted by Gasteiger charge is 2.10. The lowest BCUT2D eigenvalue weighted by Gasteiger charge is -2.11. The topological polar surface area (TPSA) is 64.3 Å². The largest absolute Gasteiger partial charge is 0.492 e. The maximum absolute atomic E-state index is 12.3. The zero-order chi connectivity index (χ0) is 15.4. The number of anilines is 2. The molecule has 0 atom stereocenters. The Morgan fingerprint density at radius 2 is 2.05 bits per heavy atom. The van der Waals surface area contributed by atoms with E-state index in [9.17, 15) is 4.79 Å². The third kappa shape index (κ3) is 3.76. The van der Waals surface area contributed by atoms with E-state index in [0.717, 1.165) is 15.7 Å². The van der Waals surface area contributed by atoms with Crippen LogP contribution in [-0.4, -0.2) is 12.5 Å². The number of nitrogen functional groups attached to an aromatic ring is 1. The van der Waals surface area contributed by atoms with Gasteiger partial charge in [-0.15, -0.1) is 0 Å². The lowest BCUT2D eigenvalue weighted by Crippen LogP contribution is -2.13. The second-order valence-electron chi connectivity index (χ2n) is 4.60. The molecule has 0 bridgehead atoms. The summed E-state index contributed by atoms with van der Waals surface area (Å²) in [5.74, 6) is 0.393. The van der Waals surface area contributed by atoms with E-state index in [1.165, 1.54) is 0 Å². The van der Waals surface area contributed by atoms with Gasteiger partial charge in [0.1, 0.15) is 5.75 Å². The van der Waals surface area contributed by atoms with Crippen LogP contribution in [0.5, 0.6) is 5.75 Å². The van der Waals surface area contributed by atoms with Gasteiger partial charge in [-0.3, -0.25) is 4.79 Å². The summed E-state index contributed by atoms with van der Waals surface area (Å²) in [5.41, 5.74) is 8.59. The molecule has 0 aliphatic rings. The van der Waals surface area contributed by atoms with Crippen LogP contribution in [0.3, 0.4) is 0 Å². The number of hydrogen-bond acceptors (Lipinski definition) is 3. The van der Waals surface area contributed by atoms with Crippen LogP contribution in [0.15, 0.2) is 40.9 Å². The molecule has 0 spiro atoms. The molecule has 2 rings (SSSR count). The zero-order valence-electron chi connectivity index (χ0n) is 11.9. The summed E-state index contributed by atoms with van der Waals surface area (Å²) in [6, 6.07) is 10.7. The van der Waals surface area contributed by atoms with Crippen molar-refractivity contribution in [2.45, 2.75) is 13.8 Å². The third-order valence-corrected chi connectivity index (χ3v) is 3.50. The minimum absolute atomic E-state index is 0.199. The van der Waals surface area contributed by atoms with Crippen molar-refractivity contribution < 1.29 is 9.53 Å². The van der Waals surface area contributed by atoms with Crippen molar-refractivity contribution in [1.29, 1.82) is 0 Å². The number of halogens is 1. The molecule has 21 heavy (non-hydrogen) atoms. The fraction of sp³-hybridized carbons (Fsp3) is 0.188. The summed E-state index contributed by atoms with van der Waals surface area (Å²) < 4.78 is 6.34. The molecule has 0 aliphatic heterocycles. The number of benzene rings is 2. The van der Waals surface area contributed by atoms with Gasteiger partial charge in [-0.25, -0.2) is 0 Å². The average molecular weight is 349 g/mol. The molecule has 0 radical (unpaired) electrons. The van der Waals surface area contributed by atoms with Crippen molar-refractivity contribution in [3.05, 3.63) is 52.0 Å². The second-order valence-corrected chi connectivity index (χ2v) is 5.51. The van der Waals surface area contributed by atoms with Gasteiger partial charge in [-0.1, -0.05) is 15.9 Å². The SMILES string of the molecule is CCOc1ccc(C(=O)Nc2ccc(Br)cc2C)cc1N. The Morgan fingerprint density at radius 1 is 1.29 bits per heavy atom. The molecule has 110 valence electrons. The molecule has 0 unspecified atom stereocenters. The molecule has 3 N–H and O–H groups in total. The smallest absolute Gasteiger partial charge is 0.255 e. The Labute approximate surface area is 132 Å². The molecule has 0 heterocycles. The minimum atomic E-state index is -0.199. The summed E-state index contributed by atoms with van der Waals surface area (Å²) >= 11 is 3.40. The maximum atomic E-state index is 12.3. The summed E-state index contributed by atoms with van der Waals surface area (Å²) in [4.78, 5) is 12.3. The normalized spacial score (nSPS) is 10.2. The predicted octanol–water partition coefficient (Wildman–Crippen LogP) is 3.99. The highest BCUT2D eigenvalue weighted by Crippen LogP contribution is 2.24. The van der Waals surface area contributed by atoms with E-state index < -0.39 is 0 Å². The highest BCUT2D eigenvalue weighted by atomic mass is 79.9. The van der Waals surface area contributed by atoms with Crippen LogP contribution in [0, 0.1) is 6.92 Å². The van der Waals surface area contributed by atoms with E-state index in [2.05, 4.69) is 21.2 Å². The fourth-order valence-electron chi connectivity index (χ4n) is 1.94. The van der Waals surface area contributed by atoms with Crippen molar-refractivity contribution in [3.8, 4) is 5.75 Å². The summed E-state index contributed by atoms with van der Waals surface area (Å²) in [6.45, 7) is 4.36. The number of carbonyl (C=O) groups is 1. The molecule has 4 nitrogen and oxygen atoms in total. The average Bonchev–Trinajstić information content (AvgIpc) is 2.44. The molecule has 5 heteroatoms. The number of aryl methyl sites for hydroxylation is 1. The molecule has 2 aromatic rings. The maximum Gasteiger partial charge on any atom is 0.255 e. The molecule has 0 aliphatic carbocycles. The number of hydrogen-bond donors (Lipinski definition) is 2. The lowest BCUT2D eigenvalue weighted by molar-refractivity contribution is 0.102. The van der Waals surface area contributed by atoms with Crippen LogP contribution < -0.4 is 15.8 Å². The molecule has 0 fully saturated rings. The fourth-order valence-corrected chi connectivity index (χ4v) is 2.41. The van der Waals surface area contributed by atoms with Crippen LogP contribution in [0.1, 0.15) is 22.8 Å². The van der Waals surface area contributed by atoms with Gasteiger partial charge < -0.3 is 15.8 Å². The van der Waals surface area contributed by atoms with Crippen LogP contribution in [0.25, 0.3) is 0 Å². The van der Waals surface area contributed by atoms with Crippen molar-refractivity contribution in [3.63, 3.8) is 0 Å². The van der Waals surface area contributed by atoms with Gasteiger partial charge in [0.25, 0.3) is 5.91 Å². The molecule has 2 aromatic carbocycles. The summed E-state index contributed by atoms with van der Waals surface area (Å²) in [7, 11) is 0. The van der Waals surface area contributed by atoms with Gasteiger partial charge in [0.2, 0.25) is 0 Å². The third-order valence-electron chi connectivity index (χ3n) is 3.01. The molecule has 0 saturated carbocycles. The Kier molecular flexibility index (Phi) is 4.85. The van der Waals surface area contributed by atoms with Crippen LogP contribution in [0.2, 0.25) is 0 Å². The number of ether oxygens (including phenoxy) is 1. The van der Waals surface area contributed by atoms with Crippen LogP contribution >= 0.6 is 15.9 Å². The number of carbonyl (C=O) groups excluding carboxylic acids is 1. The van der Waals surface area contributed by atoms with Crippen molar-refractivity contribution in [2.24, 2.45) is 0 Å². The van der Waals surface area contributed by atoms with Crippen LogP contribution in [-0.2, 0) is 0 Å². The van der Waals surface area contributed by atoms with Gasteiger partial charge in [-0.05, 0) is 55.8 Å². The molecule has 1 amide bonds. The van der Waals surface area contributed by atoms with E-state index in [1.807, 2.05) is 32.0 Å². The first-order valence-corrected chi connectivity index (χ1v) is 7.40. The Bertz CT molecular complexity index is 671. The second kappa shape index (κ2) is 6.63. The summed E-state index contributed by atoms with van der Waals surface area (Å²) in [5, 5.41) is 2.88. The molecule has 0 saturated heterocycles. The van der Waals surface area contributed by atoms with Crippen LogP contribution in [0.4, 0.5) is 11.4 Å². The quantitative estimate of drug-likeness (QED) is 0.821. The first-order chi connectivity index (χ1) is 10.0. The van der Waals surface area contributed by atoms with Gasteiger partial charge in [0.05, 0.1) is 12.3 Å². The van der Waals surface area contributed by atoms with Gasteiger partial charge in [-0.2, -0.15) is 0 Å². The van der Waals surface area contributed by atoms with Gasteiger partial charge in [0, 0.05) is 15.7 Å². The first-order valence-electron chi connectivity index (χ1n) is 6.61. The Morgan fingerprint density at radius 3 is 2.67 bits per heavy atom. The number of nitrogens with two attached hydrogens (primary N) is 1. The van der Waals surface area contributed by atoms with Crippen molar-refractivity contribution >= 4 is 33.2 Å². The van der Waals surface area contributed by atoms with E-state index in [-0.39, 0.29) is 5.91 Å². The van der Waals surface area contributed by atoms with E-state index in [4.69, 9.17) is 10.5 Å². The minimum Gasteiger partial charge on any atom is -0.492 e. The standard InChI is InChI=1S/C16H17BrN2O2/c1-3-21-15-7-4-11(9-13(15)18)16(20)19-14-6-5-12(17)8-10(14)2/h4-9H,3,18H2,1-2H3,(H,19,20). The highest BCUT2D eigenvalue weighted by molar-refractivity contribution is 9.10. The predicted molar refractivity (Wildman–Crippen MR) is 88.9 cm³/mol. The Balaban J connectivity index is 2.18. The summed E-state index contributed by atoms with van der Waals surface area (Å²) in [6.07, 6.45) is 0. The lowest BCUT2D eigenvalue weighted by atomic mass is 10.1. The number of rotatable bonds is 4. The van der Waals surface area contributed by atoms with Gasteiger partial charge >= 0.3 is 0 Å².